The Balaban J connectivity index is 1.92. The van der Waals surface area contributed by atoms with E-state index in [4.69, 9.17) is 16.7 Å². The van der Waals surface area contributed by atoms with Crippen molar-refractivity contribution in [3.63, 3.8) is 0 Å². The Hall–Kier alpha value is -2.10. The highest BCUT2D eigenvalue weighted by molar-refractivity contribution is 7.88. The zero-order valence-electron chi connectivity index (χ0n) is 21.1. The third-order valence-electron chi connectivity index (χ3n) is 6.81. The number of urea groups is 1. The monoisotopic (exact) mass is 525 g/mol. The molecule has 2 aliphatic heterocycles. The van der Waals surface area contributed by atoms with Gasteiger partial charge in [-0.2, -0.15) is 0 Å². The summed E-state index contributed by atoms with van der Waals surface area (Å²) < 4.78 is 25.3. The lowest BCUT2D eigenvalue weighted by Crippen LogP contribution is -2.60. The van der Waals surface area contributed by atoms with Gasteiger partial charge < -0.3 is 15.3 Å². The molecule has 1 fully saturated rings. The van der Waals surface area contributed by atoms with Crippen molar-refractivity contribution in [3.8, 4) is 0 Å². The molecule has 0 spiro atoms. The molecule has 3 rings (SSSR count). The number of rotatable bonds is 9. The highest BCUT2D eigenvalue weighted by atomic mass is 35.5. The zero-order chi connectivity index (χ0) is 26.2. The number of aliphatic carboxylic acids is 1. The number of nitrogens with one attached hydrogen (secondary N) is 1. The van der Waals surface area contributed by atoms with Crippen LogP contribution >= 0.6 is 11.6 Å². The highest BCUT2D eigenvalue weighted by Crippen LogP contribution is 2.42. The second-order valence-corrected chi connectivity index (χ2v) is 13.4. The summed E-state index contributed by atoms with van der Waals surface area (Å²) >= 11 is 6.68. The maximum absolute atomic E-state index is 13.0. The first kappa shape index (κ1) is 27.5. The fraction of sp³-hybridized carbons (Fsp3) is 0.600. The number of hydrogen-bond acceptors (Lipinski definition) is 4. The second kappa shape index (κ2) is 10.1. The van der Waals surface area contributed by atoms with Crippen molar-refractivity contribution < 1.29 is 23.1 Å². The molecule has 2 N–H and O–H groups in total. The normalized spacial score (nSPS) is 21.9. The van der Waals surface area contributed by atoms with Crippen molar-refractivity contribution in [1.29, 1.82) is 0 Å². The summed E-state index contributed by atoms with van der Waals surface area (Å²) in [6, 6.07) is 5.54. The van der Waals surface area contributed by atoms with E-state index in [1.165, 1.54) is 15.5 Å². The number of halogens is 1. The number of benzene rings is 1. The Labute approximate surface area is 213 Å². The first-order valence-corrected chi connectivity index (χ1v) is 14.1. The van der Waals surface area contributed by atoms with Gasteiger partial charge in [0.05, 0.1) is 11.8 Å². The fourth-order valence-corrected chi connectivity index (χ4v) is 5.69. The van der Waals surface area contributed by atoms with Gasteiger partial charge in [-0.3, -0.25) is 4.79 Å². The summed E-state index contributed by atoms with van der Waals surface area (Å²) in [7, 11) is -3.30. The fourth-order valence-electron chi connectivity index (χ4n) is 4.51. The van der Waals surface area contributed by atoms with Crippen molar-refractivity contribution in [2.45, 2.75) is 58.9 Å². The Bertz CT molecular complexity index is 1120. The van der Waals surface area contributed by atoms with Gasteiger partial charge in [0.25, 0.3) is 0 Å². The molecule has 194 valence electrons. The number of amides is 2. The largest absolute Gasteiger partial charge is 0.481 e. The van der Waals surface area contributed by atoms with Crippen LogP contribution in [0.15, 0.2) is 30.0 Å². The molecule has 2 heterocycles. The van der Waals surface area contributed by atoms with E-state index in [-0.39, 0.29) is 30.3 Å². The number of nitrogens with zero attached hydrogens (tertiary/aromatic N) is 2. The van der Waals surface area contributed by atoms with Crippen LogP contribution < -0.4 is 5.32 Å². The summed E-state index contributed by atoms with van der Waals surface area (Å²) in [5, 5.41) is 12.7. The van der Waals surface area contributed by atoms with Crippen LogP contribution in [0.3, 0.4) is 0 Å². The quantitative estimate of drug-likeness (QED) is 0.502. The van der Waals surface area contributed by atoms with Crippen molar-refractivity contribution in [3.05, 3.63) is 46.1 Å². The average Bonchev–Trinajstić information content (AvgIpc) is 2.66. The molecule has 2 aliphatic rings. The molecule has 1 unspecified atom stereocenters. The number of carbonyl (C=O) groups is 2. The standard InChI is InChI=1S/C25H36ClN3O5S/c1-24(2,3)11-10-17-8-9-19(13-21(17)26)25(4)20(18-14-29(15-18)35(5,33)34)16-28(23(32)27-25)12-6-7-22(30)31/h8-9,13,16,18H,6-7,10-12,14-15H2,1-5H3,(H,27,32)(H,30,31). The zero-order valence-corrected chi connectivity index (χ0v) is 22.7. The van der Waals surface area contributed by atoms with Crippen LogP contribution in [0.1, 0.15) is 58.1 Å². The molecule has 0 radical (unpaired) electrons. The van der Waals surface area contributed by atoms with Crippen LogP contribution in [0.5, 0.6) is 0 Å². The minimum absolute atomic E-state index is 0.0405. The molecule has 2 amide bonds. The van der Waals surface area contributed by atoms with Crippen LogP contribution in [-0.4, -0.2) is 60.6 Å². The van der Waals surface area contributed by atoms with Gasteiger partial charge in [-0.15, -0.1) is 0 Å². The molecule has 0 aliphatic carbocycles. The van der Waals surface area contributed by atoms with E-state index in [0.29, 0.717) is 24.5 Å². The molecule has 1 aromatic carbocycles. The molecule has 35 heavy (non-hydrogen) atoms. The van der Waals surface area contributed by atoms with Crippen molar-refractivity contribution in [2.75, 3.05) is 25.9 Å². The minimum Gasteiger partial charge on any atom is -0.481 e. The molecular weight excluding hydrogens is 490 g/mol. The van der Waals surface area contributed by atoms with Gasteiger partial charge in [0.2, 0.25) is 10.0 Å². The Kier molecular flexibility index (Phi) is 7.94. The molecule has 8 nitrogen and oxygen atoms in total. The first-order valence-electron chi connectivity index (χ1n) is 11.9. The smallest absolute Gasteiger partial charge is 0.322 e. The minimum atomic E-state index is -3.30. The number of carboxylic acid groups (broad SMARTS) is 1. The average molecular weight is 526 g/mol. The van der Waals surface area contributed by atoms with Crippen molar-refractivity contribution in [2.24, 2.45) is 11.3 Å². The predicted molar refractivity (Wildman–Crippen MR) is 137 cm³/mol. The van der Waals surface area contributed by atoms with Crippen LogP contribution in [-0.2, 0) is 26.8 Å². The highest BCUT2D eigenvalue weighted by Gasteiger charge is 2.46. The van der Waals surface area contributed by atoms with E-state index < -0.39 is 21.5 Å². The summed E-state index contributed by atoms with van der Waals surface area (Å²) in [6.07, 6.45) is 5.07. The second-order valence-electron chi connectivity index (χ2n) is 11.0. The third kappa shape index (κ3) is 6.57. The number of sulfonamides is 1. The molecule has 0 bridgehead atoms. The first-order chi connectivity index (χ1) is 16.1. The van der Waals surface area contributed by atoms with E-state index in [1.807, 2.05) is 25.1 Å². The van der Waals surface area contributed by atoms with Crippen LogP contribution in [0, 0.1) is 11.3 Å². The van der Waals surface area contributed by atoms with Crippen LogP contribution in [0.4, 0.5) is 4.79 Å². The number of aryl methyl sites for hydroxylation is 1. The van der Waals surface area contributed by atoms with E-state index in [1.54, 1.807) is 6.20 Å². The Morgan fingerprint density at radius 3 is 2.49 bits per heavy atom. The van der Waals surface area contributed by atoms with Gasteiger partial charge in [-0.25, -0.2) is 17.5 Å². The van der Waals surface area contributed by atoms with Gasteiger partial charge in [-0.1, -0.05) is 44.5 Å². The maximum atomic E-state index is 13.0. The van der Waals surface area contributed by atoms with Crippen molar-refractivity contribution >= 4 is 33.6 Å². The van der Waals surface area contributed by atoms with Gasteiger partial charge in [-0.05, 0) is 54.4 Å². The molecule has 0 saturated carbocycles. The topological polar surface area (TPSA) is 107 Å². The molecule has 1 aromatic rings. The maximum Gasteiger partial charge on any atom is 0.322 e. The number of carbonyl (C=O) groups excluding carboxylic acids is 1. The molecule has 1 saturated heterocycles. The van der Waals surface area contributed by atoms with E-state index in [0.717, 1.165) is 29.5 Å². The number of hydrogen-bond donors (Lipinski definition) is 2. The summed E-state index contributed by atoms with van der Waals surface area (Å²) in [6.45, 7) is 9.39. The summed E-state index contributed by atoms with van der Waals surface area (Å²) in [5.41, 5.74) is 2.06. The number of carboxylic acids is 1. The van der Waals surface area contributed by atoms with Crippen LogP contribution in [0.25, 0.3) is 0 Å². The predicted octanol–water partition coefficient (Wildman–Crippen LogP) is 4.20. The third-order valence-corrected chi connectivity index (χ3v) is 8.40. The SMILES string of the molecule is CC(C)(C)CCc1ccc(C2(C)NC(=O)N(CCCC(=O)O)C=C2C2CN(S(C)(=O)=O)C2)cc1Cl. The summed E-state index contributed by atoms with van der Waals surface area (Å²) in [5.74, 6) is -1.00. The van der Waals surface area contributed by atoms with Crippen molar-refractivity contribution in [1.82, 2.24) is 14.5 Å². The van der Waals surface area contributed by atoms with E-state index in [2.05, 4.69) is 26.1 Å². The summed E-state index contributed by atoms with van der Waals surface area (Å²) in [4.78, 5) is 25.4. The van der Waals surface area contributed by atoms with E-state index >= 15 is 0 Å². The molecule has 1 atom stereocenters. The lowest BCUT2D eigenvalue weighted by molar-refractivity contribution is -0.137. The lowest BCUT2D eigenvalue weighted by Gasteiger charge is -2.48. The lowest BCUT2D eigenvalue weighted by atomic mass is 9.75. The molecule has 0 aromatic heterocycles. The Morgan fingerprint density at radius 1 is 1.29 bits per heavy atom. The molecule has 10 heteroatoms. The van der Waals surface area contributed by atoms with Gasteiger partial charge in [0.1, 0.15) is 0 Å². The van der Waals surface area contributed by atoms with Gasteiger partial charge in [0.15, 0.2) is 0 Å². The Morgan fingerprint density at radius 2 is 1.94 bits per heavy atom. The van der Waals surface area contributed by atoms with Crippen LogP contribution in [0.2, 0.25) is 5.02 Å². The van der Waals surface area contributed by atoms with Gasteiger partial charge >= 0.3 is 12.0 Å². The molecular formula is C25H36ClN3O5S. The van der Waals surface area contributed by atoms with E-state index in [9.17, 15) is 18.0 Å². The van der Waals surface area contributed by atoms with Gasteiger partial charge in [0, 0.05) is 43.2 Å².